The van der Waals surface area contributed by atoms with Gasteiger partial charge in [-0.1, -0.05) is 30.0 Å². The molecule has 0 amide bonds. The van der Waals surface area contributed by atoms with Crippen LogP contribution in [0.25, 0.3) is 0 Å². The highest BCUT2D eigenvalue weighted by Crippen LogP contribution is 2.08. The standard InChI is InChI=1S/C15H16O4/c1-3-19-14(16)10-6-9-12-7-4-5-8-13(12)11-15(17)18-2/h4-5,7-8H,3,10-11H2,1-2H3. The number of rotatable bonds is 4. The van der Waals surface area contributed by atoms with E-state index in [2.05, 4.69) is 16.6 Å². The summed E-state index contributed by atoms with van der Waals surface area (Å²) in [6.07, 6.45) is 0.209. The number of carbonyl (C=O) groups excluding carboxylic acids is 2. The number of esters is 2. The first-order valence-electron chi connectivity index (χ1n) is 5.96. The van der Waals surface area contributed by atoms with Crippen LogP contribution in [0.2, 0.25) is 0 Å². The van der Waals surface area contributed by atoms with Crippen molar-refractivity contribution in [2.75, 3.05) is 13.7 Å². The predicted molar refractivity (Wildman–Crippen MR) is 70.3 cm³/mol. The summed E-state index contributed by atoms with van der Waals surface area (Å²) in [5.41, 5.74) is 1.50. The second-order valence-electron chi connectivity index (χ2n) is 3.69. The Balaban J connectivity index is 2.75. The number of hydrogen-bond acceptors (Lipinski definition) is 4. The molecule has 0 heterocycles. The summed E-state index contributed by atoms with van der Waals surface area (Å²) in [6.45, 7) is 2.09. The zero-order valence-corrected chi connectivity index (χ0v) is 11.1. The maximum absolute atomic E-state index is 11.3. The molecule has 0 saturated carbocycles. The molecule has 0 radical (unpaired) electrons. The minimum absolute atomic E-state index is 0.0421. The molecular formula is C15H16O4. The van der Waals surface area contributed by atoms with Crippen molar-refractivity contribution in [1.29, 1.82) is 0 Å². The van der Waals surface area contributed by atoms with Crippen LogP contribution < -0.4 is 0 Å². The molecule has 100 valence electrons. The van der Waals surface area contributed by atoms with Gasteiger partial charge in [-0.3, -0.25) is 9.59 Å². The van der Waals surface area contributed by atoms with Crippen LogP contribution >= 0.6 is 0 Å². The van der Waals surface area contributed by atoms with E-state index >= 15 is 0 Å². The summed E-state index contributed by atoms with van der Waals surface area (Å²) in [4.78, 5) is 22.4. The van der Waals surface area contributed by atoms with Gasteiger partial charge in [0.2, 0.25) is 0 Å². The highest BCUT2D eigenvalue weighted by Gasteiger charge is 2.06. The average molecular weight is 260 g/mol. The summed E-state index contributed by atoms with van der Waals surface area (Å²) in [6, 6.07) is 7.27. The smallest absolute Gasteiger partial charge is 0.317 e. The Morgan fingerprint density at radius 3 is 2.63 bits per heavy atom. The van der Waals surface area contributed by atoms with Gasteiger partial charge >= 0.3 is 11.9 Å². The van der Waals surface area contributed by atoms with Crippen LogP contribution in [0.5, 0.6) is 0 Å². The van der Waals surface area contributed by atoms with Gasteiger partial charge in [-0.25, -0.2) is 0 Å². The number of ether oxygens (including phenoxy) is 2. The molecule has 0 unspecified atom stereocenters. The average Bonchev–Trinajstić information content (AvgIpc) is 2.41. The predicted octanol–water partition coefficient (Wildman–Crippen LogP) is 1.71. The molecule has 4 nitrogen and oxygen atoms in total. The summed E-state index contributed by atoms with van der Waals surface area (Å²) in [7, 11) is 1.34. The molecule has 4 heteroatoms. The van der Waals surface area contributed by atoms with Crippen LogP contribution in [0.3, 0.4) is 0 Å². The van der Waals surface area contributed by atoms with Gasteiger partial charge in [0.05, 0.1) is 20.1 Å². The van der Waals surface area contributed by atoms with Crippen molar-refractivity contribution >= 4 is 11.9 Å². The first-order chi connectivity index (χ1) is 9.17. The lowest BCUT2D eigenvalue weighted by Crippen LogP contribution is -2.06. The van der Waals surface area contributed by atoms with Crippen molar-refractivity contribution in [2.24, 2.45) is 0 Å². The van der Waals surface area contributed by atoms with Crippen molar-refractivity contribution in [2.45, 2.75) is 19.8 Å². The molecule has 0 fully saturated rings. The third-order valence-electron chi connectivity index (χ3n) is 2.34. The second kappa shape index (κ2) is 7.93. The van der Waals surface area contributed by atoms with Crippen LogP contribution in [-0.2, 0) is 25.5 Å². The molecule has 0 N–H and O–H groups in total. The van der Waals surface area contributed by atoms with E-state index in [9.17, 15) is 9.59 Å². The third-order valence-corrected chi connectivity index (χ3v) is 2.34. The molecule has 19 heavy (non-hydrogen) atoms. The largest absolute Gasteiger partial charge is 0.469 e. The van der Waals surface area contributed by atoms with Crippen LogP contribution in [0.15, 0.2) is 24.3 Å². The molecule has 1 rings (SSSR count). The zero-order chi connectivity index (χ0) is 14.1. The molecule has 1 aromatic rings. The second-order valence-corrected chi connectivity index (χ2v) is 3.69. The van der Waals surface area contributed by atoms with Crippen LogP contribution in [0.4, 0.5) is 0 Å². The lowest BCUT2D eigenvalue weighted by atomic mass is 10.1. The molecule has 0 saturated heterocycles. The Hall–Kier alpha value is -2.28. The van der Waals surface area contributed by atoms with Crippen molar-refractivity contribution in [3.05, 3.63) is 35.4 Å². The highest BCUT2D eigenvalue weighted by atomic mass is 16.5. The fourth-order valence-corrected chi connectivity index (χ4v) is 1.45. The lowest BCUT2D eigenvalue weighted by Gasteiger charge is -2.02. The quantitative estimate of drug-likeness (QED) is 0.611. The van der Waals surface area contributed by atoms with E-state index in [0.717, 1.165) is 11.1 Å². The Kier molecular flexibility index (Phi) is 6.17. The third kappa shape index (κ3) is 5.26. The molecule has 0 aromatic heterocycles. The van der Waals surface area contributed by atoms with Crippen molar-refractivity contribution in [3.8, 4) is 11.8 Å². The van der Waals surface area contributed by atoms with Crippen LogP contribution in [0.1, 0.15) is 24.5 Å². The first-order valence-corrected chi connectivity index (χ1v) is 5.96. The van der Waals surface area contributed by atoms with E-state index in [1.54, 1.807) is 13.0 Å². The van der Waals surface area contributed by atoms with Gasteiger partial charge in [0.1, 0.15) is 6.42 Å². The zero-order valence-electron chi connectivity index (χ0n) is 11.1. The van der Waals surface area contributed by atoms with Gasteiger partial charge in [0.25, 0.3) is 0 Å². The van der Waals surface area contributed by atoms with E-state index in [-0.39, 0.29) is 24.8 Å². The monoisotopic (exact) mass is 260 g/mol. The maximum Gasteiger partial charge on any atom is 0.317 e. The van der Waals surface area contributed by atoms with Crippen LogP contribution in [-0.4, -0.2) is 25.7 Å². The number of benzene rings is 1. The first kappa shape index (κ1) is 14.8. The van der Waals surface area contributed by atoms with Crippen molar-refractivity contribution < 1.29 is 19.1 Å². The Morgan fingerprint density at radius 2 is 1.95 bits per heavy atom. The molecule has 0 spiro atoms. The molecule has 0 aliphatic carbocycles. The molecular weight excluding hydrogens is 244 g/mol. The lowest BCUT2D eigenvalue weighted by molar-refractivity contribution is -0.142. The highest BCUT2D eigenvalue weighted by molar-refractivity contribution is 5.74. The van der Waals surface area contributed by atoms with Gasteiger partial charge in [-0.15, -0.1) is 0 Å². The molecule has 1 aromatic carbocycles. The summed E-state index contributed by atoms with van der Waals surface area (Å²) in [5.74, 6) is 4.95. The summed E-state index contributed by atoms with van der Waals surface area (Å²) < 4.78 is 9.40. The Morgan fingerprint density at radius 1 is 1.21 bits per heavy atom. The topological polar surface area (TPSA) is 52.6 Å². The Bertz CT molecular complexity index is 508. The molecule has 0 atom stereocenters. The van der Waals surface area contributed by atoms with Gasteiger partial charge in [-0.2, -0.15) is 0 Å². The fraction of sp³-hybridized carbons (Fsp3) is 0.333. The normalized spacial score (nSPS) is 9.16. The number of hydrogen-bond donors (Lipinski definition) is 0. The SMILES string of the molecule is CCOC(=O)CC#Cc1ccccc1CC(=O)OC. The molecule has 0 aliphatic heterocycles. The molecule has 0 bridgehead atoms. The Labute approximate surface area is 112 Å². The maximum atomic E-state index is 11.3. The minimum atomic E-state index is -0.347. The summed E-state index contributed by atoms with van der Waals surface area (Å²) >= 11 is 0. The van der Waals surface area contributed by atoms with E-state index < -0.39 is 0 Å². The van der Waals surface area contributed by atoms with Crippen molar-refractivity contribution in [3.63, 3.8) is 0 Å². The van der Waals surface area contributed by atoms with Crippen LogP contribution in [0, 0.1) is 11.8 Å². The number of methoxy groups -OCH3 is 1. The van der Waals surface area contributed by atoms with Gasteiger partial charge in [0, 0.05) is 5.56 Å². The van der Waals surface area contributed by atoms with Gasteiger partial charge in [0.15, 0.2) is 0 Å². The molecule has 0 aliphatic rings. The van der Waals surface area contributed by atoms with E-state index in [1.165, 1.54) is 7.11 Å². The van der Waals surface area contributed by atoms with E-state index in [1.807, 2.05) is 18.2 Å². The van der Waals surface area contributed by atoms with E-state index in [4.69, 9.17) is 4.74 Å². The minimum Gasteiger partial charge on any atom is -0.469 e. The van der Waals surface area contributed by atoms with E-state index in [0.29, 0.717) is 6.61 Å². The van der Waals surface area contributed by atoms with Crippen molar-refractivity contribution in [1.82, 2.24) is 0 Å². The van der Waals surface area contributed by atoms with Gasteiger partial charge in [-0.05, 0) is 18.6 Å². The summed E-state index contributed by atoms with van der Waals surface area (Å²) in [5, 5.41) is 0. The fourth-order valence-electron chi connectivity index (χ4n) is 1.45. The van der Waals surface area contributed by atoms with Gasteiger partial charge < -0.3 is 9.47 Å². The number of carbonyl (C=O) groups is 2.